The molecule has 20 heavy (non-hydrogen) atoms. The number of ether oxygens (including phenoxy) is 2. The molecule has 0 spiro atoms. The average molecular weight is 342 g/mol. The summed E-state index contributed by atoms with van der Waals surface area (Å²) in [5.41, 5.74) is 0.886. The minimum absolute atomic E-state index is 0.256. The smallest absolute Gasteiger partial charge is 0.327 e. The van der Waals surface area contributed by atoms with E-state index in [0.717, 1.165) is 28.6 Å². The van der Waals surface area contributed by atoms with Crippen molar-refractivity contribution in [2.75, 3.05) is 14.2 Å². The zero-order valence-electron chi connectivity index (χ0n) is 11.8. The highest BCUT2D eigenvalue weighted by Gasteiger charge is 2.26. The van der Waals surface area contributed by atoms with Gasteiger partial charge in [0.15, 0.2) is 0 Å². The van der Waals surface area contributed by atoms with Gasteiger partial charge >= 0.3 is 5.97 Å². The third-order valence-corrected chi connectivity index (χ3v) is 4.32. The molecule has 5 heteroatoms. The van der Waals surface area contributed by atoms with Crippen LogP contribution in [0.2, 0.25) is 0 Å². The fourth-order valence-electron chi connectivity index (χ4n) is 2.61. The van der Waals surface area contributed by atoms with Crippen LogP contribution in [0.25, 0.3) is 0 Å². The largest absolute Gasteiger partial charge is 0.496 e. The monoisotopic (exact) mass is 341 g/mol. The summed E-state index contributed by atoms with van der Waals surface area (Å²) < 4.78 is 11.0. The van der Waals surface area contributed by atoms with E-state index in [9.17, 15) is 4.79 Å². The summed E-state index contributed by atoms with van der Waals surface area (Å²) in [6.45, 7) is 0. The number of nitrogens with one attached hydrogen (secondary N) is 1. The van der Waals surface area contributed by atoms with Gasteiger partial charge in [-0.25, -0.2) is 4.79 Å². The Morgan fingerprint density at radius 2 is 2.05 bits per heavy atom. The molecular weight excluding hydrogens is 322 g/mol. The lowest BCUT2D eigenvalue weighted by atomic mass is 10.1. The van der Waals surface area contributed by atoms with E-state index in [-0.39, 0.29) is 5.97 Å². The number of hydrogen-bond acceptors (Lipinski definition) is 4. The number of methoxy groups -OCH3 is 2. The van der Waals surface area contributed by atoms with Crippen molar-refractivity contribution < 1.29 is 14.3 Å². The highest BCUT2D eigenvalue weighted by molar-refractivity contribution is 9.10. The van der Waals surface area contributed by atoms with Crippen molar-refractivity contribution >= 4 is 21.9 Å². The Hall–Kier alpha value is -1.07. The molecule has 1 N–H and O–H groups in total. The Balaban J connectivity index is 2.21. The van der Waals surface area contributed by atoms with Crippen molar-refractivity contribution in [3.8, 4) is 5.75 Å². The van der Waals surface area contributed by atoms with Crippen molar-refractivity contribution in [3.05, 3.63) is 28.2 Å². The molecule has 110 valence electrons. The van der Waals surface area contributed by atoms with E-state index in [4.69, 9.17) is 9.47 Å². The van der Waals surface area contributed by atoms with Crippen LogP contribution in [-0.2, 0) is 9.53 Å². The quantitative estimate of drug-likeness (QED) is 0.835. The number of carbonyl (C=O) groups excluding carboxylic acids is 1. The van der Waals surface area contributed by atoms with Gasteiger partial charge in [0.25, 0.3) is 0 Å². The number of halogens is 1. The van der Waals surface area contributed by atoms with Crippen LogP contribution < -0.4 is 10.1 Å². The number of benzene rings is 1. The first-order valence-electron chi connectivity index (χ1n) is 6.83. The van der Waals surface area contributed by atoms with E-state index in [2.05, 4.69) is 21.2 Å². The molecule has 0 bridgehead atoms. The number of esters is 1. The molecule has 1 aromatic carbocycles. The molecule has 0 amide bonds. The third-order valence-electron chi connectivity index (χ3n) is 3.70. The standard InChI is InChI=1S/C15H20BrNO3/c1-19-13-8-7-10(9-12(13)16)14(15(18)20-2)17-11-5-3-4-6-11/h7-9,11,14,17H,3-6H2,1-2H3. The minimum Gasteiger partial charge on any atom is -0.496 e. The maximum Gasteiger partial charge on any atom is 0.327 e. The Morgan fingerprint density at radius 3 is 2.60 bits per heavy atom. The molecule has 1 unspecified atom stereocenters. The van der Waals surface area contributed by atoms with Crippen molar-refractivity contribution in [2.24, 2.45) is 0 Å². The van der Waals surface area contributed by atoms with Crippen LogP contribution in [0, 0.1) is 0 Å². The normalized spacial score (nSPS) is 16.9. The van der Waals surface area contributed by atoms with Crippen LogP contribution in [0.15, 0.2) is 22.7 Å². The lowest BCUT2D eigenvalue weighted by Crippen LogP contribution is -2.36. The maximum atomic E-state index is 12.0. The minimum atomic E-state index is -0.426. The summed E-state index contributed by atoms with van der Waals surface area (Å²) in [7, 11) is 3.04. The second-order valence-corrected chi connectivity index (χ2v) is 5.85. The van der Waals surface area contributed by atoms with Gasteiger partial charge in [0.1, 0.15) is 11.8 Å². The van der Waals surface area contributed by atoms with Crippen LogP contribution in [0.3, 0.4) is 0 Å². The maximum absolute atomic E-state index is 12.0. The van der Waals surface area contributed by atoms with Gasteiger partial charge in [-0.1, -0.05) is 18.9 Å². The zero-order chi connectivity index (χ0) is 14.5. The zero-order valence-corrected chi connectivity index (χ0v) is 13.4. The molecule has 0 saturated heterocycles. The fraction of sp³-hybridized carbons (Fsp3) is 0.533. The Morgan fingerprint density at radius 1 is 1.35 bits per heavy atom. The van der Waals surface area contributed by atoms with Crippen molar-refractivity contribution in [3.63, 3.8) is 0 Å². The molecule has 0 heterocycles. The van der Waals surface area contributed by atoms with Gasteiger partial charge in [-0.2, -0.15) is 0 Å². The summed E-state index contributed by atoms with van der Waals surface area (Å²) in [5.74, 6) is 0.493. The van der Waals surface area contributed by atoms with Crippen molar-refractivity contribution in [1.29, 1.82) is 0 Å². The van der Waals surface area contributed by atoms with E-state index >= 15 is 0 Å². The van der Waals surface area contributed by atoms with E-state index in [1.165, 1.54) is 20.0 Å². The van der Waals surface area contributed by atoms with E-state index in [0.29, 0.717) is 6.04 Å². The van der Waals surface area contributed by atoms with Crippen LogP contribution in [-0.4, -0.2) is 26.2 Å². The van der Waals surface area contributed by atoms with E-state index in [1.807, 2.05) is 18.2 Å². The predicted molar refractivity (Wildman–Crippen MR) is 80.8 cm³/mol. The molecule has 4 nitrogen and oxygen atoms in total. The lowest BCUT2D eigenvalue weighted by Gasteiger charge is -2.21. The molecule has 0 aliphatic heterocycles. The second kappa shape index (κ2) is 7.09. The molecular formula is C15H20BrNO3. The molecule has 1 saturated carbocycles. The summed E-state index contributed by atoms with van der Waals surface area (Å²) in [5, 5.41) is 3.41. The lowest BCUT2D eigenvalue weighted by molar-refractivity contribution is -0.143. The highest BCUT2D eigenvalue weighted by atomic mass is 79.9. The van der Waals surface area contributed by atoms with Gasteiger partial charge in [0.05, 0.1) is 18.7 Å². The average Bonchev–Trinajstić information content (AvgIpc) is 2.97. The molecule has 1 aliphatic carbocycles. The molecule has 1 atom stereocenters. The van der Waals surface area contributed by atoms with Gasteiger partial charge in [-0.3, -0.25) is 5.32 Å². The third kappa shape index (κ3) is 3.52. The fourth-order valence-corrected chi connectivity index (χ4v) is 3.17. The number of rotatable bonds is 5. The first-order chi connectivity index (χ1) is 9.65. The van der Waals surface area contributed by atoms with Crippen LogP contribution in [0.1, 0.15) is 37.3 Å². The molecule has 0 radical (unpaired) electrons. The Labute approximate surface area is 128 Å². The Bertz CT molecular complexity index is 472. The van der Waals surface area contributed by atoms with E-state index < -0.39 is 6.04 Å². The second-order valence-electron chi connectivity index (χ2n) is 5.00. The van der Waals surface area contributed by atoms with Crippen LogP contribution >= 0.6 is 15.9 Å². The van der Waals surface area contributed by atoms with Crippen molar-refractivity contribution in [1.82, 2.24) is 5.32 Å². The van der Waals surface area contributed by atoms with Gasteiger partial charge in [-0.05, 0) is 46.5 Å². The molecule has 0 aromatic heterocycles. The van der Waals surface area contributed by atoms with Crippen molar-refractivity contribution in [2.45, 2.75) is 37.8 Å². The Kier molecular flexibility index (Phi) is 5.43. The number of hydrogen-bond donors (Lipinski definition) is 1. The SMILES string of the molecule is COC(=O)C(NC1CCCC1)c1ccc(OC)c(Br)c1. The summed E-state index contributed by atoms with van der Waals surface area (Å²) in [6.07, 6.45) is 4.67. The summed E-state index contributed by atoms with van der Waals surface area (Å²) in [6, 6.07) is 5.62. The van der Waals surface area contributed by atoms with Crippen LogP contribution in [0.5, 0.6) is 5.75 Å². The highest BCUT2D eigenvalue weighted by Crippen LogP contribution is 2.30. The summed E-state index contributed by atoms with van der Waals surface area (Å²) >= 11 is 3.45. The predicted octanol–water partition coefficient (Wildman–Crippen LogP) is 3.20. The number of carbonyl (C=O) groups is 1. The van der Waals surface area contributed by atoms with Gasteiger partial charge in [0.2, 0.25) is 0 Å². The van der Waals surface area contributed by atoms with Crippen LogP contribution in [0.4, 0.5) is 0 Å². The first kappa shape index (κ1) is 15.3. The van der Waals surface area contributed by atoms with E-state index in [1.54, 1.807) is 7.11 Å². The summed E-state index contributed by atoms with van der Waals surface area (Å²) in [4.78, 5) is 12.0. The first-order valence-corrected chi connectivity index (χ1v) is 7.62. The van der Waals surface area contributed by atoms with Gasteiger partial charge in [-0.15, -0.1) is 0 Å². The molecule has 2 rings (SSSR count). The topological polar surface area (TPSA) is 47.6 Å². The molecule has 1 fully saturated rings. The van der Waals surface area contributed by atoms with Gasteiger partial charge in [0, 0.05) is 6.04 Å². The molecule has 1 aromatic rings. The van der Waals surface area contributed by atoms with Gasteiger partial charge < -0.3 is 9.47 Å². The molecule has 1 aliphatic rings.